The molecule has 2 aromatic carbocycles. The van der Waals surface area contributed by atoms with E-state index in [9.17, 15) is 23.7 Å². The SMILES string of the molecule is CC1=C(C#N)C(c2ccccc2C(F)(F)F)C(C#N)=C(c2ccccc2)N1. The van der Waals surface area contributed by atoms with Crippen molar-refractivity contribution in [3.05, 3.63) is 88.1 Å². The highest BCUT2D eigenvalue weighted by Gasteiger charge is 2.39. The summed E-state index contributed by atoms with van der Waals surface area (Å²) < 4.78 is 40.7. The largest absolute Gasteiger partial charge is 0.416 e. The molecule has 3 nitrogen and oxygen atoms in total. The van der Waals surface area contributed by atoms with Gasteiger partial charge in [0.25, 0.3) is 0 Å². The highest BCUT2D eigenvalue weighted by molar-refractivity contribution is 5.78. The number of benzene rings is 2. The Balaban J connectivity index is 2.32. The molecule has 1 aliphatic heterocycles. The second-order valence-corrected chi connectivity index (χ2v) is 6.06. The number of rotatable bonds is 2. The molecule has 134 valence electrons. The van der Waals surface area contributed by atoms with Crippen LogP contribution in [-0.2, 0) is 6.18 Å². The van der Waals surface area contributed by atoms with E-state index in [4.69, 9.17) is 0 Å². The van der Waals surface area contributed by atoms with Gasteiger partial charge in [0.2, 0.25) is 0 Å². The first-order chi connectivity index (χ1) is 12.9. The van der Waals surface area contributed by atoms with Gasteiger partial charge in [0.05, 0.1) is 40.5 Å². The van der Waals surface area contributed by atoms with Crippen LogP contribution in [0.25, 0.3) is 5.70 Å². The Bertz CT molecular complexity index is 1020. The van der Waals surface area contributed by atoms with Crippen molar-refractivity contribution in [2.75, 3.05) is 0 Å². The van der Waals surface area contributed by atoms with Gasteiger partial charge >= 0.3 is 6.18 Å². The van der Waals surface area contributed by atoms with Crippen LogP contribution in [0.15, 0.2) is 71.4 Å². The predicted octanol–water partition coefficient (Wildman–Crippen LogP) is 5.12. The first kappa shape index (κ1) is 18.3. The minimum Gasteiger partial charge on any atom is -0.357 e. The Morgan fingerprint density at radius 2 is 1.48 bits per heavy atom. The average molecular weight is 365 g/mol. The molecular weight excluding hydrogens is 351 g/mol. The van der Waals surface area contributed by atoms with E-state index in [2.05, 4.69) is 5.32 Å². The van der Waals surface area contributed by atoms with Crippen molar-refractivity contribution in [2.45, 2.75) is 19.0 Å². The Morgan fingerprint density at radius 3 is 2.07 bits per heavy atom. The van der Waals surface area contributed by atoms with Crippen LogP contribution in [-0.4, -0.2) is 0 Å². The van der Waals surface area contributed by atoms with Crippen LogP contribution in [0.5, 0.6) is 0 Å². The molecule has 6 heteroatoms. The molecule has 27 heavy (non-hydrogen) atoms. The third kappa shape index (κ3) is 3.30. The molecule has 0 bridgehead atoms. The molecule has 3 rings (SSSR count). The Hall–Kier alpha value is -3.51. The second-order valence-electron chi connectivity index (χ2n) is 6.06. The Morgan fingerprint density at radius 1 is 0.889 bits per heavy atom. The topological polar surface area (TPSA) is 59.6 Å². The van der Waals surface area contributed by atoms with Crippen molar-refractivity contribution < 1.29 is 13.2 Å². The highest BCUT2D eigenvalue weighted by atomic mass is 19.4. The molecule has 0 fully saturated rings. The molecule has 1 atom stereocenters. The summed E-state index contributed by atoms with van der Waals surface area (Å²) in [6.45, 7) is 1.62. The van der Waals surface area contributed by atoms with Crippen LogP contribution >= 0.6 is 0 Å². The van der Waals surface area contributed by atoms with Crippen LogP contribution in [0, 0.1) is 22.7 Å². The van der Waals surface area contributed by atoms with Crippen molar-refractivity contribution in [3.8, 4) is 12.1 Å². The van der Waals surface area contributed by atoms with Crippen molar-refractivity contribution in [2.24, 2.45) is 0 Å². The Kier molecular flexibility index (Phi) is 4.75. The molecule has 0 amide bonds. The number of hydrogen-bond donors (Lipinski definition) is 1. The quantitative estimate of drug-likeness (QED) is 0.803. The van der Waals surface area contributed by atoms with E-state index in [0.29, 0.717) is 17.0 Å². The standard InChI is InChI=1S/C21H14F3N3/c1-13-16(11-25)19(15-9-5-6-10-18(15)21(22,23)24)17(12-26)20(27-13)14-7-3-2-4-8-14/h2-10,19,27H,1H3. The van der Waals surface area contributed by atoms with E-state index < -0.39 is 17.7 Å². The maximum absolute atomic E-state index is 13.6. The van der Waals surface area contributed by atoms with Crippen molar-refractivity contribution in [1.29, 1.82) is 10.5 Å². The third-order valence-electron chi connectivity index (χ3n) is 4.44. The lowest BCUT2D eigenvalue weighted by Gasteiger charge is -2.29. The van der Waals surface area contributed by atoms with Crippen LogP contribution in [0.4, 0.5) is 13.2 Å². The zero-order valence-electron chi connectivity index (χ0n) is 14.3. The van der Waals surface area contributed by atoms with Gasteiger partial charge in [-0.25, -0.2) is 0 Å². The number of alkyl halides is 3. The summed E-state index contributed by atoms with van der Waals surface area (Å²) in [5, 5.41) is 22.4. The van der Waals surface area contributed by atoms with Crippen LogP contribution < -0.4 is 5.32 Å². The van der Waals surface area contributed by atoms with Gasteiger partial charge in [-0.05, 0) is 24.1 Å². The molecule has 0 saturated carbocycles. The molecule has 1 heterocycles. The lowest BCUT2D eigenvalue weighted by Crippen LogP contribution is -2.25. The molecule has 1 aliphatic rings. The predicted molar refractivity (Wildman–Crippen MR) is 94.6 cm³/mol. The number of hydrogen-bond acceptors (Lipinski definition) is 3. The smallest absolute Gasteiger partial charge is 0.357 e. The fourth-order valence-electron chi connectivity index (χ4n) is 3.25. The van der Waals surface area contributed by atoms with Crippen molar-refractivity contribution in [1.82, 2.24) is 5.32 Å². The summed E-state index contributed by atoms with van der Waals surface area (Å²) in [5.41, 5.74) is 0.738. The first-order valence-electron chi connectivity index (χ1n) is 8.12. The monoisotopic (exact) mass is 365 g/mol. The summed E-state index contributed by atoms with van der Waals surface area (Å²) in [5.74, 6) is -1.09. The van der Waals surface area contributed by atoms with E-state index in [1.165, 1.54) is 18.2 Å². The summed E-state index contributed by atoms with van der Waals surface area (Å²) in [6.07, 6.45) is -4.59. The van der Waals surface area contributed by atoms with Gasteiger partial charge in [0.15, 0.2) is 0 Å². The number of nitrogens with zero attached hydrogens (tertiary/aromatic N) is 2. The van der Waals surface area contributed by atoms with Gasteiger partial charge < -0.3 is 5.32 Å². The Labute approximate surface area is 154 Å². The molecule has 0 aromatic heterocycles. The first-order valence-corrected chi connectivity index (χ1v) is 8.12. The van der Waals surface area contributed by atoms with Crippen molar-refractivity contribution >= 4 is 5.70 Å². The molecule has 1 N–H and O–H groups in total. The summed E-state index contributed by atoms with van der Waals surface area (Å²) in [7, 11) is 0. The lowest BCUT2D eigenvalue weighted by atomic mass is 9.78. The minimum absolute atomic E-state index is 0.0834. The molecule has 0 saturated heterocycles. The number of nitrogens with one attached hydrogen (secondary N) is 1. The lowest BCUT2D eigenvalue weighted by molar-refractivity contribution is -0.138. The molecule has 0 spiro atoms. The van der Waals surface area contributed by atoms with Gasteiger partial charge in [0, 0.05) is 5.70 Å². The summed E-state index contributed by atoms with van der Waals surface area (Å²) in [4.78, 5) is 0. The van der Waals surface area contributed by atoms with E-state index in [1.54, 1.807) is 37.3 Å². The molecule has 1 unspecified atom stereocenters. The maximum Gasteiger partial charge on any atom is 0.416 e. The summed E-state index contributed by atoms with van der Waals surface area (Å²) in [6, 6.07) is 18.0. The maximum atomic E-state index is 13.6. The fraction of sp³-hybridized carbons (Fsp3) is 0.143. The molecule has 0 radical (unpaired) electrons. The number of nitriles is 2. The van der Waals surface area contributed by atoms with Crippen LogP contribution in [0.3, 0.4) is 0 Å². The van der Waals surface area contributed by atoms with Gasteiger partial charge in [-0.1, -0.05) is 48.5 Å². The van der Waals surface area contributed by atoms with E-state index in [1.807, 2.05) is 12.1 Å². The van der Waals surface area contributed by atoms with E-state index >= 15 is 0 Å². The van der Waals surface area contributed by atoms with Crippen LogP contribution in [0.1, 0.15) is 29.5 Å². The average Bonchev–Trinajstić information content (AvgIpc) is 2.67. The van der Waals surface area contributed by atoms with Gasteiger partial charge in [-0.2, -0.15) is 23.7 Å². The molecular formula is C21H14F3N3. The number of halogens is 3. The second kappa shape index (κ2) is 7.01. The van der Waals surface area contributed by atoms with Crippen molar-refractivity contribution in [3.63, 3.8) is 0 Å². The molecule has 0 aliphatic carbocycles. The van der Waals surface area contributed by atoms with Gasteiger partial charge in [-0.15, -0.1) is 0 Å². The normalized spacial score (nSPS) is 17.2. The van der Waals surface area contributed by atoms with Gasteiger partial charge in [0.1, 0.15) is 0 Å². The minimum atomic E-state index is -4.59. The highest BCUT2D eigenvalue weighted by Crippen LogP contribution is 2.44. The molecule has 2 aromatic rings. The van der Waals surface area contributed by atoms with E-state index in [-0.39, 0.29) is 16.7 Å². The number of allylic oxidation sites excluding steroid dienone is 3. The van der Waals surface area contributed by atoms with Crippen LogP contribution in [0.2, 0.25) is 0 Å². The zero-order chi connectivity index (χ0) is 19.6. The fourth-order valence-corrected chi connectivity index (χ4v) is 3.25. The third-order valence-corrected chi connectivity index (χ3v) is 4.44. The van der Waals surface area contributed by atoms with Gasteiger partial charge in [-0.3, -0.25) is 0 Å². The summed E-state index contributed by atoms with van der Waals surface area (Å²) >= 11 is 0. The number of dihydropyridines is 1. The van der Waals surface area contributed by atoms with E-state index in [0.717, 1.165) is 6.07 Å². The zero-order valence-corrected chi connectivity index (χ0v) is 14.3.